The summed E-state index contributed by atoms with van der Waals surface area (Å²) in [5.41, 5.74) is 6.39. The van der Waals surface area contributed by atoms with Gasteiger partial charge in [-0.2, -0.15) is 13.2 Å². The van der Waals surface area contributed by atoms with Gasteiger partial charge in [0.2, 0.25) is 0 Å². The van der Waals surface area contributed by atoms with E-state index in [2.05, 4.69) is 4.84 Å². The number of alkyl halides is 3. The van der Waals surface area contributed by atoms with Crippen LogP contribution in [0.1, 0.15) is 11.1 Å². The Labute approximate surface area is 106 Å². The molecule has 0 aliphatic heterocycles. The second-order valence-corrected chi connectivity index (χ2v) is 3.78. The highest BCUT2D eigenvalue weighted by molar-refractivity contribution is 5.91. The van der Waals surface area contributed by atoms with Crippen molar-refractivity contribution in [1.29, 1.82) is 0 Å². The average molecular weight is 276 g/mol. The smallest absolute Gasteiger partial charge is 0.349 e. The van der Waals surface area contributed by atoms with Gasteiger partial charge < -0.3 is 10.6 Å². The highest BCUT2D eigenvalue weighted by Gasteiger charge is 2.43. The van der Waals surface area contributed by atoms with E-state index >= 15 is 0 Å². The van der Waals surface area contributed by atoms with E-state index < -0.39 is 18.2 Å². The fraction of sp³-hybridized carbons (Fsp3) is 0.273. The molecule has 19 heavy (non-hydrogen) atoms. The lowest BCUT2D eigenvalue weighted by atomic mass is 10.1. The molecule has 0 spiro atoms. The van der Waals surface area contributed by atoms with E-state index in [9.17, 15) is 22.8 Å². The Morgan fingerprint density at radius 2 is 1.79 bits per heavy atom. The largest absolute Gasteiger partial charge is 0.493 e. The van der Waals surface area contributed by atoms with Gasteiger partial charge in [0.15, 0.2) is 0 Å². The Morgan fingerprint density at radius 1 is 1.21 bits per heavy atom. The van der Waals surface area contributed by atoms with Gasteiger partial charge in [0.1, 0.15) is 0 Å². The van der Waals surface area contributed by atoms with E-state index in [1.165, 1.54) is 12.1 Å². The minimum absolute atomic E-state index is 0.0619. The van der Waals surface area contributed by atoms with Gasteiger partial charge in [0, 0.05) is 0 Å². The van der Waals surface area contributed by atoms with Crippen molar-refractivity contribution in [2.45, 2.75) is 20.0 Å². The molecular weight excluding hydrogens is 265 g/mol. The highest BCUT2D eigenvalue weighted by Crippen LogP contribution is 2.22. The number of urea groups is 1. The summed E-state index contributed by atoms with van der Waals surface area (Å²) in [5, 5.41) is 0.0995. The van der Waals surface area contributed by atoms with Crippen LogP contribution in [0.25, 0.3) is 0 Å². The fourth-order valence-corrected chi connectivity index (χ4v) is 1.21. The highest BCUT2D eigenvalue weighted by atomic mass is 19.4. The number of rotatable bonds is 1. The summed E-state index contributed by atoms with van der Waals surface area (Å²) in [6, 6.07) is 2.92. The van der Waals surface area contributed by atoms with E-state index in [0.717, 1.165) is 5.56 Å². The van der Waals surface area contributed by atoms with Gasteiger partial charge in [-0.15, -0.1) is 5.06 Å². The van der Waals surface area contributed by atoms with E-state index in [4.69, 9.17) is 5.73 Å². The number of nitrogens with zero attached hydrogens (tertiary/aromatic N) is 1. The Morgan fingerprint density at radius 3 is 2.21 bits per heavy atom. The normalized spacial score (nSPS) is 11.0. The first-order valence-electron chi connectivity index (χ1n) is 5.09. The first-order valence-corrected chi connectivity index (χ1v) is 5.09. The number of aryl methyl sites for hydroxylation is 2. The van der Waals surface area contributed by atoms with E-state index in [1.54, 1.807) is 19.9 Å². The zero-order valence-corrected chi connectivity index (χ0v) is 10.1. The van der Waals surface area contributed by atoms with Crippen molar-refractivity contribution in [2.75, 3.05) is 5.06 Å². The Bertz CT molecular complexity index is 514. The fourth-order valence-electron chi connectivity index (χ4n) is 1.21. The molecule has 0 aromatic heterocycles. The number of anilines is 1. The molecule has 0 aliphatic rings. The van der Waals surface area contributed by atoms with E-state index in [0.29, 0.717) is 5.56 Å². The number of carbonyl (C=O) groups is 2. The van der Waals surface area contributed by atoms with Gasteiger partial charge in [0.25, 0.3) is 0 Å². The SMILES string of the molecule is Cc1ccc(N(OC(=O)C(F)(F)F)C(N)=O)cc1C. The summed E-state index contributed by atoms with van der Waals surface area (Å²) in [4.78, 5) is 25.7. The van der Waals surface area contributed by atoms with Crippen molar-refractivity contribution >= 4 is 17.7 Å². The van der Waals surface area contributed by atoms with Gasteiger partial charge in [-0.25, -0.2) is 9.59 Å². The molecule has 5 nitrogen and oxygen atoms in total. The van der Waals surface area contributed by atoms with E-state index in [1.807, 2.05) is 0 Å². The molecule has 0 heterocycles. The van der Waals surface area contributed by atoms with Crippen LogP contribution in [0.15, 0.2) is 18.2 Å². The summed E-state index contributed by atoms with van der Waals surface area (Å²) >= 11 is 0. The molecule has 0 unspecified atom stereocenters. The zero-order chi connectivity index (χ0) is 14.8. The maximum absolute atomic E-state index is 12.1. The molecule has 1 rings (SSSR count). The summed E-state index contributed by atoms with van der Waals surface area (Å²) < 4.78 is 36.2. The second kappa shape index (κ2) is 5.17. The first kappa shape index (κ1) is 14.8. The lowest BCUT2D eigenvalue weighted by Crippen LogP contribution is -2.41. The molecule has 0 saturated heterocycles. The van der Waals surface area contributed by atoms with Crippen molar-refractivity contribution in [1.82, 2.24) is 0 Å². The number of primary amides is 1. The third-order valence-electron chi connectivity index (χ3n) is 2.33. The van der Waals surface area contributed by atoms with Crippen LogP contribution < -0.4 is 10.8 Å². The standard InChI is InChI=1S/C11H11F3N2O3/c1-6-3-4-8(5-7(6)2)16(10(15)18)19-9(17)11(12,13)14/h3-5H,1-2H3,(H2,15,18). The number of carbonyl (C=O) groups excluding carboxylic acids is 2. The Balaban J connectivity index is 3.05. The van der Waals surface area contributed by atoms with Gasteiger partial charge >= 0.3 is 18.2 Å². The van der Waals surface area contributed by atoms with Crippen LogP contribution in [0.4, 0.5) is 23.7 Å². The van der Waals surface area contributed by atoms with Crippen LogP contribution in [0.3, 0.4) is 0 Å². The van der Waals surface area contributed by atoms with Crippen LogP contribution in [0, 0.1) is 13.8 Å². The number of amides is 2. The molecule has 0 saturated carbocycles. The Kier molecular flexibility index (Phi) is 4.03. The van der Waals surface area contributed by atoms with Crippen LogP contribution in [-0.4, -0.2) is 18.2 Å². The summed E-state index contributed by atoms with van der Waals surface area (Å²) in [7, 11) is 0. The minimum Gasteiger partial charge on any atom is -0.349 e. The number of hydrogen-bond acceptors (Lipinski definition) is 3. The predicted octanol–water partition coefficient (Wildman–Crippen LogP) is 2.21. The number of hydrogen-bond donors (Lipinski definition) is 1. The van der Waals surface area contributed by atoms with Gasteiger partial charge in [-0.05, 0) is 37.1 Å². The molecule has 0 bridgehead atoms. The topological polar surface area (TPSA) is 72.6 Å². The van der Waals surface area contributed by atoms with E-state index in [-0.39, 0.29) is 10.8 Å². The Hall–Kier alpha value is -2.25. The van der Waals surface area contributed by atoms with Crippen molar-refractivity contribution in [3.8, 4) is 0 Å². The molecule has 8 heteroatoms. The molecule has 2 N–H and O–H groups in total. The van der Waals surface area contributed by atoms with Gasteiger partial charge in [-0.3, -0.25) is 0 Å². The summed E-state index contributed by atoms with van der Waals surface area (Å²) in [6.45, 7) is 3.46. The van der Waals surface area contributed by atoms with Crippen molar-refractivity contribution in [3.05, 3.63) is 29.3 Å². The quantitative estimate of drug-likeness (QED) is 0.799. The number of nitrogens with two attached hydrogens (primary N) is 1. The van der Waals surface area contributed by atoms with Crippen molar-refractivity contribution < 1.29 is 27.6 Å². The molecule has 2 amide bonds. The van der Waals surface area contributed by atoms with Crippen molar-refractivity contribution in [3.63, 3.8) is 0 Å². The van der Waals surface area contributed by atoms with Crippen LogP contribution in [0.2, 0.25) is 0 Å². The summed E-state index contributed by atoms with van der Waals surface area (Å²) in [6.07, 6.45) is -5.21. The maximum Gasteiger partial charge on any atom is 0.493 e. The van der Waals surface area contributed by atoms with Crippen molar-refractivity contribution in [2.24, 2.45) is 5.73 Å². The number of halogens is 3. The molecule has 0 radical (unpaired) electrons. The maximum atomic E-state index is 12.1. The second-order valence-electron chi connectivity index (χ2n) is 3.78. The number of hydroxylamine groups is 1. The lowest BCUT2D eigenvalue weighted by Gasteiger charge is -2.20. The third-order valence-corrected chi connectivity index (χ3v) is 2.33. The summed E-state index contributed by atoms with van der Waals surface area (Å²) in [5.74, 6) is -2.52. The molecule has 0 aliphatic carbocycles. The average Bonchev–Trinajstić information content (AvgIpc) is 2.27. The molecule has 1 aromatic carbocycles. The molecule has 0 fully saturated rings. The van der Waals surface area contributed by atoms with Crippen LogP contribution in [0.5, 0.6) is 0 Å². The zero-order valence-electron chi connectivity index (χ0n) is 10.1. The first-order chi connectivity index (χ1) is 8.62. The van der Waals surface area contributed by atoms with Gasteiger partial charge in [0.05, 0.1) is 5.69 Å². The number of benzene rings is 1. The third kappa shape index (κ3) is 3.60. The lowest BCUT2D eigenvalue weighted by molar-refractivity contribution is -0.199. The van der Waals surface area contributed by atoms with Crippen LogP contribution in [-0.2, 0) is 9.63 Å². The van der Waals surface area contributed by atoms with Crippen LogP contribution >= 0.6 is 0 Å². The molecule has 104 valence electrons. The molecule has 1 aromatic rings. The van der Waals surface area contributed by atoms with Gasteiger partial charge in [-0.1, -0.05) is 6.07 Å². The predicted molar refractivity (Wildman–Crippen MR) is 60.1 cm³/mol. The molecular formula is C11H11F3N2O3. The molecule has 0 atom stereocenters. The monoisotopic (exact) mass is 276 g/mol. The minimum atomic E-state index is -5.21.